The summed E-state index contributed by atoms with van der Waals surface area (Å²) in [7, 11) is 0. The molecule has 0 unspecified atom stereocenters. The van der Waals surface area contributed by atoms with Gasteiger partial charge in [-0.2, -0.15) is 0 Å². The van der Waals surface area contributed by atoms with E-state index in [0.717, 1.165) is 18.2 Å². The summed E-state index contributed by atoms with van der Waals surface area (Å²) in [4.78, 5) is 33.2. The fraction of sp³-hybridized carbons (Fsp3) is 0.0667. The van der Waals surface area contributed by atoms with Crippen LogP contribution in [0.2, 0.25) is 5.02 Å². The predicted molar refractivity (Wildman–Crippen MR) is 86.8 cm³/mol. The van der Waals surface area contributed by atoms with Crippen LogP contribution in [0.4, 0.5) is 21.5 Å². The zero-order valence-corrected chi connectivity index (χ0v) is 13.1. The summed E-state index contributed by atoms with van der Waals surface area (Å²) in [5, 5.41) is 15.3. The zero-order valence-electron chi connectivity index (χ0n) is 12.3. The molecule has 2 amide bonds. The van der Waals surface area contributed by atoms with Crippen molar-refractivity contribution in [1.82, 2.24) is 0 Å². The maximum Gasteiger partial charge on any atom is 0.270 e. The summed E-state index contributed by atoms with van der Waals surface area (Å²) < 4.78 is 13.6. The van der Waals surface area contributed by atoms with Gasteiger partial charge < -0.3 is 10.6 Å². The number of hydrogen-bond acceptors (Lipinski definition) is 4. The first-order valence-electron chi connectivity index (χ1n) is 6.60. The minimum atomic E-state index is -0.656. The molecule has 0 atom stereocenters. The lowest BCUT2D eigenvalue weighted by Gasteiger charge is -2.09. The van der Waals surface area contributed by atoms with Crippen molar-refractivity contribution in [2.24, 2.45) is 0 Å². The molecule has 2 aromatic rings. The molecule has 0 spiro atoms. The molecule has 24 heavy (non-hydrogen) atoms. The van der Waals surface area contributed by atoms with Crippen molar-refractivity contribution in [1.29, 1.82) is 0 Å². The van der Waals surface area contributed by atoms with Gasteiger partial charge in [-0.05, 0) is 24.3 Å². The van der Waals surface area contributed by atoms with Gasteiger partial charge in [-0.25, -0.2) is 4.39 Å². The van der Waals surface area contributed by atoms with E-state index < -0.39 is 22.6 Å². The highest BCUT2D eigenvalue weighted by Crippen LogP contribution is 2.25. The molecule has 2 rings (SSSR count). The summed E-state index contributed by atoms with van der Waals surface area (Å²) in [6.45, 7) is 1.22. The largest absolute Gasteiger partial charge is 0.324 e. The summed E-state index contributed by atoms with van der Waals surface area (Å²) in [6, 6.07) is 7.05. The Morgan fingerprint density at radius 1 is 1.17 bits per heavy atom. The Kier molecular flexibility index (Phi) is 5.10. The van der Waals surface area contributed by atoms with E-state index in [1.807, 2.05) is 0 Å². The highest BCUT2D eigenvalue weighted by molar-refractivity contribution is 6.34. The molecule has 0 bridgehead atoms. The summed E-state index contributed by atoms with van der Waals surface area (Å²) in [6.07, 6.45) is 0. The van der Waals surface area contributed by atoms with Crippen LogP contribution in [0.25, 0.3) is 0 Å². The second kappa shape index (κ2) is 7.05. The highest BCUT2D eigenvalue weighted by atomic mass is 35.5. The third-order valence-corrected chi connectivity index (χ3v) is 3.26. The van der Waals surface area contributed by atoms with Crippen molar-refractivity contribution in [2.75, 3.05) is 10.6 Å². The summed E-state index contributed by atoms with van der Waals surface area (Å²) in [5.41, 5.74) is -0.0892. The lowest BCUT2D eigenvalue weighted by molar-refractivity contribution is -0.384. The van der Waals surface area contributed by atoms with Gasteiger partial charge in [0.2, 0.25) is 5.91 Å². The molecular formula is C15H11ClFN3O4. The molecule has 0 aliphatic heterocycles. The Morgan fingerprint density at radius 3 is 2.46 bits per heavy atom. The number of nitro benzene ring substituents is 1. The Labute approximate surface area is 140 Å². The predicted octanol–water partition coefficient (Wildman–Crippen LogP) is 3.60. The average Bonchev–Trinajstić information content (AvgIpc) is 2.49. The third kappa shape index (κ3) is 4.05. The number of nitro groups is 1. The molecule has 7 nitrogen and oxygen atoms in total. The third-order valence-electron chi connectivity index (χ3n) is 2.94. The van der Waals surface area contributed by atoms with E-state index in [2.05, 4.69) is 10.6 Å². The highest BCUT2D eigenvalue weighted by Gasteiger charge is 2.15. The normalized spacial score (nSPS) is 10.1. The van der Waals surface area contributed by atoms with Gasteiger partial charge in [0.1, 0.15) is 5.82 Å². The van der Waals surface area contributed by atoms with Gasteiger partial charge in [0.15, 0.2) is 0 Å². The van der Waals surface area contributed by atoms with Crippen molar-refractivity contribution in [3.63, 3.8) is 0 Å². The molecule has 0 aliphatic carbocycles. The van der Waals surface area contributed by atoms with Crippen molar-refractivity contribution in [3.05, 3.63) is 62.9 Å². The summed E-state index contributed by atoms with van der Waals surface area (Å²) >= 11 is 5.88. The zero-order chi connectivity index (χ0) is 17.9. The van der Waals surface area contributed by atoms with Gasteiger partial charge in [-0.3, -0.25) is 19.7 Å². The smallest absolute Gasteiger partial charge is 0.270 e. The molecule has 0 radical (unpaired) electrons. The number of hydrogen-bond donors (Lipinski definition) is 2. The Morgan fingerprint density at radius 2 is 1.88 bits per heavy atom. The van der Waals surface area contributed by atoms with Crippen LogP contribution >= 0.6 is 11.6 Å². The molecule has 124 valence electrons. The molecule has 0 saturated heterocycles. The first-order chi connectivity index (χ1) is 11.3. The van der Waals surface area contributed by atoms with Crippen LogP contribution in [-0.2, 0) is 4.79 Å². The second-order valence-electron chi connectivity index (χ2n) is 4.75. The van der Waals surface area contributed by atoms with Gasteiger partial charge in [0.25, 0.3) is 11.6 Å². The first kappa shape index (κ1) is 17.4. The Bertz CT molecular complexity index is 841. The van der Waals surface area contributed by atoms with Gasteiger partial charge in [0.05, 0.1) is 21.2 Å². The van der Waals surface area contributed by atoms with E-state index >= 15 is 0 Å². The number of nitrogens with zero attached hydrogens (tertiary/aromatic N) is 1. The van der Waals surface area contributed by atoms with Gasteiger partial charge in [-0.1, -0.05) is 11.6 Å². The first-order valence-corrected chi connectivity index (χ1v) is 6.98. The monoisotopic (exact) mass is 351 g/mol. The molecule has 2 N–H and O–H groups in total. The molecule has 0 heterocycles. The van der Waals surface area contributed by atoms with Gasteiger partial charge >= 0.3 is 0 Å². The van der Waals surface area contributed by atoms with Crippen LogP contribution in [-0.4, -0.2) is 16.7 Å². The standard InChI is InChI=1S/C15H11ClFN3O4/c1-8(21)18-14-6-9(2-5-13(14)17)19-15(22)11-4-3-10(20(23)24)7-12(11)16/h2-7H,1H3,(H,18,21)(H,19,22). The molecule has 2 aromatic carbocycles. The maximum absolute atomic E-state index is 13.6. The molecule has 9 heteroatoms. The number of amides is 2. The second-order valence-corrected chi connectivity index (χ2v) is 5.16. The molecule has 0 fully saturated rings. The van der Waals surface area contributed by atoms with Crippen LogP contribution in [0, 0.1) is 15.9 Å². The van der Waals surface area contributed by atoms with E-state index in [1.165, 1.54) is 25.1 Å². The lowest BCUT2D eigenvalue weighted by Crippen LogP contribution is -2.14. The van der Waals surface area contributed by atoms with Gasteiger partial charge in [-0.15, -0.1) is 0 Å². The average molecular weight is 352 g/mol. The van der Waals surface area contributed by atoms with Crippen molar-refractivity contribution in [2.45, 2.75) is 6.92 Å². The van der Waals surface area contributed by atoms with E-state index in [-0.39, 0.29) is 27.6 Å². The summed E-state index contributed by atoms with van der Waals surface area (Å²) in [5.74, 6) is -1.75. The number of rotatable bonds is 4. The Balaban J connectivity index is 2.23. The number of anilines is 2. The van der Waals surface area contributed by atoms with E-state index in [0.29, 0.717) is 0 Å². The van der Waals surface area contributed by atoms with Crippen molar-refractivity contribution in [3.8, 4) is 0 Å². The number of benzene rings is 2. The minimum Gasteiger partial charge on any atom is -0.324 e. The number of carbonyl (C=O) groups excluding carboxylic acids is 2. The fourth-order valence-electron chi connectivity index (χ4n) is 1.89. The fourth-order valence-corrected chi connectivity index (χ4v) is 2.15. The van der Waals surface area contributed by atoms with Crippen LogP contribution in [0.5, 0.6) is 0 Å². The molecule has 0 aliphatic rings. The topological polar surface area (TPSA) is 101 Å². The van der Waals surface area contributed by atoms with Crippen molar-refractivity contribution >= 4 is 40.5 Å². The van der Waals surface area contributed by atoms with Crippen LogP contribution in [0.1, 0.15) is 17.3 Å². The Hall–Kier alpha value is -3.00. The van der Waals surface area contributed by atoms with Crippen LogP contribution in [0.3, 0.4) is 0 Å². The molecule has 0 saturated carbocycles. The molecular weight excluding hydrogens is 341 g/mol. The maximum atomic E-state index is 13.6. The van der Waals surface area contributed by atoms with Crippen LogP contribution in [0.15, 0.2) is 36.4 Å². The SMILES string of the molecule is CC(=O)Nc1cc(NC(=O)c2ccc([N+](=O)[O-])cc2Cl)ccc1F. The lowest BCUT2D eigenvalue weighted by atomic mass is 10.2. The van der Waals surface area contributed by atoms with E-state index in [9.17, 15) is 24.1 Å². The number of nitrogens with one attached hydrogen (secondary N) is 2. The quantitative estimate of drug-likeness (QED) is 0.649. The van der Waals surface area contributed by atoms with Crippen LogP contribution < -0.4 is 10.6 Å². The van der Waals surface area contributed by atoms with Gasteiger partial charge in [0, 0.05) is 24.7 Å². The number of non-ortho nitro benzene ring substituents is 1. The molecule has 0 aromatic heterocycles. The van der Waals surface area contributed by atoms with E-state index in [4.69, 9.17) is 11.6 Å². The minimum absolute atomic E-state index is 0.0210. The number of carbonyl (C=O) groups is 2. The number of halogens is 2. The van der Waals surface area contributed by atoms with Crippen molar-refractivity contribution < 1.29 is 18.9 Å². The van der Waals surface area contributed by atoms with E-state index in [1.54, 1.807) is 0 Å².